The second-order valence-corrected chi connectivity index (χ2v) is 9.79. The Labute approximate surface area is 174 Å². The number of imidazole rings is 1. The molecule has 0 amide bonds. The topological polar surface area (TPSA) is 125 Å². The molecule has 0 atom stereocenters. The molecule has 0 spiro atoms. The summed E-state index contributed by atoms with van der Waals surface area (Å²) in [4.78, 5) is 42.6. The number of nitrogens with one attached hydrogen (secondary N) is 1. The van der Waals surface area contributed by atoms with Crippen LogP contribution in [0, 0.1) is 0 Å². The van der Waals surface area contributed by atoms with Crippen molar-refractivity contribution in [3.8, 4) is 0 Å². The maximum Gasteiger partial charge on any atom is 0.332 e. The van der Waals surface area contributed by atoms with Crippen LogP contribution in [0.15, 0.2) is 21.7 Å². The first-order valence-electron chi connectivity index (χ1n) is 8.38. The van der Waals surface area contributed by atoms with Crippen molar-refractivity contribution >= 4 is 49.9 Å². The monoisotopic (exact) mass is 459 g/mol. The van der Waals surface area contributed by atoms with E-state index in [0.717, 1.165) is 15.7 Å². The predicted molar refractivity (Wildman–Crippen MR) is 110 cm³/mol. The zero-order valence-electron chi connectivity index (χ0n) is 15.8. The number of fused-ring (bicyclic) bond motifs is 1. The number of carbonyl (C=O) groups excluding carboxylic acids is 1. The number of sulfonamides is 1. The third-order valence-corrected chi connectivity index (χ3v) is 6.48. The molecule has 0 aliphatic carbocycles. The fourth-order valence-electron chi connectivity index (χ4n) is 2.81. The molecule has 1 N–H and O–H groups in total. The fourth-order valence-corrected chi connectivity index (χ4v) is 4.44. The van der Waals surface area contributed by atoms with E-state index in [4.69, 9.17) is 11.6 Å². The lowest BCUT2D eigenvalue weighted by Gasteiger charge is -2.06. The van der Waals surface area contributed by atoms with Crippen LogP contribution in [0.5, 0.6) is 0 Å². The molecule has 29 heavy (non-hydrogen) atoms. The fraction of sp³-hybridized carbons (Fsp3) is 0.375. The van der Waals surface area contributed by atoms with Crippen LogP contribution in [-0.2, 0) is 37.1 Å². The maximum atomic E-state index is 12.7. The van der Waals surface area contributed by atoms with Crippen LogP contribution in [0.1, 0.15) is 14.5 Å². The van der Waals surface area contributed by atoms with Crippen molar-refractivity contribution in [1.29, 1.82) is 0 Å². The van der Waals surface area contributed by atoms with Gasteiger partial charge in [-0.1, -0.05) is 0 Å². The molecule has 13 heteroatoms. The van der Waals surface area contributed by atoms with Crippen molar-refractivity contribution in [2.45, 2.75) is 13.0 Å². The maximum absolute atomic E-state index is 12.7. The van der Waals surface area contributed by atoms with Gasteiger partial charge < -0.3 is 4.57 Å². The molecule has 3 heterocycles. The number of aromatic nitrogens is 4. The molecule has 0 bridgehead atoms. The Bertz CT molecular complexity index is 1330. The van der Waals surface area contributed by atoms with Crippen molar-refractivity contribution in [3.05, 3.63) is 48.0 Å². The number of carbonyl (C=O) groups is 1. The van der Waals surface area contributed by atoms with E-state index in [1.807, 2.05) is 0 Å². The van der Waals surface area contributed by atoms with Crippen LogP contribution in [0.25, 0.3) is 11.2 Å². The van der Waals surface area contributed by atoms with Gasteiger partial charge in [-0.25, -0.2) is 17.9 Å². The molecule has 0 unspecified atom stereocenters. The van der Waals surface area contributed by atoms with Crippen molar-refractivity contribution in [2.24, 2.45) is 14.1 Å². The zero-order valence-corrected chi connectivity index (χ0v) is 18.2. The number of hydrogen-bond acceptors (Lipinski definition) is 7. The molecular formula is C16H18ClN5O5S2. The summed E-state index contributed by atoms with van der Waals surface area (Å²) in [5, 5.41) is -0.0687. The van der Waals surface area contributed by atoms with Crippen molar-refractivity contribution in [2.75, 3.05) is 12.8 Å². The van der Waals surface area contributed by atoms with Gasteiger partial charge in [-0.2, -0.15) is 4.98 Å². The minimum atomic E-state index is -3.27. The number of rotatable bonds is 7. The summed E-state index contributed by atoms with van der Waals surface area (Å²) in [5.74, 6) is -0.283. The smallest absolute Gasteiger partial charge is 0.301 e. The van der Waals surface area contributed by atoms with Gasteiger partial charge >= 0.3 is 5.69 Å². The van der Waals surface area contributed by atoms with Crippen LogP contribution in [-0.4, -0.2) is 45.7 Å². The van der Waals surface area contributed by atoms with Crippen molar-refractivity contribution in [1.82, 2.24) is 23.4 Å². The number of Topliss-reactive ketones (excluding diaryl/α,β-unsaturated/α-hetero) is 1. The molecule has 3 aromatic heterocycles. The Morgan fingerprint density at radius 2 is 1.93 bits per heavy atom. The minimum Gasteiger partial charge on any atom is -0.301 e. The molecule has 0 saturated carbocycles. The Morgan fingerprint density at radius 3 is 2.59 bits per heavy atom. The van der Waals surface area contributed by atoms with Crippen LogP contribution >= 0.6 is 22.9 Å². The van der Waals surface area contributed by atoms with Crippen molar-refractivity contribution in [3.63, 3.8) is 0 Å². The Kier molecular flexibility index (Phi) is 5.81. The SMILES string of the molecule is Cn1c(=O)c2c(nc(Cl)n2CC(=O)c2ccc(CCNS(C)(=O)=O)s2)n(C)c1=O. The molecule has 0 aromatic carbocycles. The third kappa shape index (κ3) is 4.34. The van der Waals surface area contributed by atoms with Crippen LogP contribution < -0.4 is 16.0 Å². The average molecular weight is 460 g/mol. The van der Waals surface area contributed by atoms with E-state index >= 15 is 0 Å². The molecule has 0 fully saturated rings. The summed E-state index contributed by atoms with van der Waals surface area (Å²) < 4.78 is 28.0. The molecule has 156 valence electrons. The molecule has 10 nitrogen and oxygen atoms in total. The molecule has 3 rings (SSSR count). The van der Waals surface area contributed by atoms with Gasteiger partial charge in [0.15, 0.2) is 16.9 Å². The highest BCUT2D eigenvalue weighted by atomic mass is 35.5. The van der Waals surface area contributed by atoms with E-state index in [9.17, 15) is 22.8 Å². The lowest BCUT2D eigenvalue weighted by atomic mass is 10.3. The molecule has 0 radical (unpaired) electrons. The quantitative estimate of drug-likeness (QED) is 0.395. The number of halogens is 1. The van der Waals surface area contributed by atoms with E-state index in [1.165, 1.54) is 34.6 Å². The normalized spacial score (nSPS) is 12.0. The standard InChI is InChI=1S/C16H18ClN5O5S2/c1-20-13-12(14(24)21(2)16(20)25)22(15(17)19-13)8-10(23)11-5-4-9(28-11)6-7-18-29(3,26)27/h4-5,18H,6-8H2,1-3H3. The Morgan fingerprint density at radius 1 is 1.24 bits per heavy atom. The lowest BCUT2D eigenvalue weighted by Crippen LogP contribution is -2.37. The van der Waals surface area contributed by atoms with E-state index < -0.39 is 21.3 Å². The zero-order chi connectivity index (χ0) is 21.5. The minimum absolute atomic E-state index is 0.0687. The second kappa shape index (κ2) is 7.86. The van der Waals surface area contributed by atoms with Gasteiger partial charge in [0.25, 0.3) is 5.56 Å². The first-order valence-corrected chi connectivity index (χ1v) is 11.5. The van der Waals surface area contributed by atoms with E-state index in [2.05, 4.69) is 9.71 Å². The summed E-state index contributed by atoms with van der Waals surface area (Å²) in [5.41, 5.74) is -0.952. The first kappa shape index (κ1) is 21.4. The lowest BCUT2D eigenvalue weighted by molar-refractivity contribution is 0.0977. The largest absolute Gasteiger partial charge is 0.332 e. The number of hydrogen-bond donors (Lipinski definition) is 1. The van der Waals surface area contributed by atoms with Gasteiger partial charge in [0.1, 0.15) is 0 Å². The van der Waals surface area contributed by atoms with Crippen LogP contribution in [0.4, 0.5) is 0 Å². The number of ketones is 1. The van der Waals surface area contributed by atoms with Crippen LogP contribution in [0.3, 0.4) is 0 Å². The first-order chi connectivity index (χ1) is 13.5. The number of nitrogens with zero attached hydrogens (tertiary/aromatic N) is 4. The summed E-state index contributed by atoms with van der Waals surface area (Å²) in [6, 6.07) is 3.39. The molecule has 0 aliphatic heterocycles. The summed E-state index contributed by atoms with van der Waals surface area (Å²) in [6.07, 6.45) is 1.53. The third-order valence-electron chi connectivity index (χ3n) is 4.28. The summed E-state index contributed by atoms with van der Waals surface area (Å²) in [7, 11) is -0.462. The van der Waals surface area contributed by atoms with Crippen LogP contribution in [0.2, 0.25) is 5.28 Å². The van der Waals surface area contributed by atoms with E-state index in [1.54, 1.807) is 12.1 Å². The summed E-state index contributed by atoms with van der Waals surface area (Å²) in [6.45, 7) is 0.0132. The number of thiophene rings is 1. The van der Waals surface area contributed by atoms with E-state index in [-0.39, 0.29) is 35.3 Å². The highest BCUT2D eigenvalue weighted by Gasteiger charge is 2.21. The van der Waals surface area contributed by atoms with Gasteiger partial charge in [0.2, 0.25) is 15.3 Å². The van der Waals surface area contributed by atoms with E-state index in [0.29, 0.717) is 11.3 Å². The molecule has 0 saturated heterocycles. The highest BCUT2D eigenvalue weighted by molar-refractivity contribution is 7.88. The number of aryl methyl sites for hydroxylation is 1. The average Bonchev–Trinajstić information content (AvgIpc) is 3.22. The molecule has 3 aromatic rings. The van der Waals surface area contributed by atoms with Gasteiger partial charge in [-0.3, -0.25) is 18.7 Å². The van der Waals surface area contributed by atoms with Gasteiger partial charge in [0, 0.05) is 25.5 Å². The molecule has 0 aliphatic rings. The highest BCUT2D eigenvalue weighted by Crippen LogP contribution is 2.21. The Balaban J connectivity index is 1.87. The van der Waals surface area contributed by atoms with Gasteiger partial charge in [-0.15, -0.1) is 11.3 Å². The predicted octanol–water partition coefficient (Wildman–Crippen LogP) is 0.123. The summed E-state index contributed by atoms with van der Waals surface area (Å²) >= 11 is 7.38. The van der Waals surface area contributed by atoms with Crippen molar-refractivity contribution < 1.29 is 13.2 Å². The second-order valence-electron chi connectivity index (χ2n) is 6.45. The Hall–Kier alpha value is -2.28. The molecular weight excluding hydrogens is 442 g/mol. The van der Waals surface area contributed by atoms with Gasteiger partial charge in [-0.05, 0) is 30.2 Å². The van der Waals surface area contributed by atoms with Gasteiger partial charge in [0.05, 0.1) is 17.7 Å².